The number of benzene rings is 2. The third-order valence-corrected chi connectivity index (χ3v) is 3.37. The summed E-state index contributed by atoms with van der Waals surface area (Å²) in [6, 6.07) is 14.3. The quantitative estimate of drug-likeness (QED) is 0.657. The first-order valence-electron chi connectivity index (χ1n) is 6.79. The van der Waals surface area contributed by atoms with Gasteiger partial charge in [0.15, 0.2) is 0 Å². The van der Waals surface area contributed by atoms with Crippen molar-refractivity contribution < 1.29 is 69.1 Å². The summed E-state index contributed by atoms with van der Waals surface area (Å²) in [5.74, 6) is 0.206. The third kappa shape index (κ3) is 4.58. The molecule has 7 heteroatoms. The minimum absolute atomic E-state index is 0. The van der Waals surface area contributed by atoms with Crippen LogP contribution in [-0.2, 0) is 6.61 Å². The number of nitrogens with zero attached hydrogens (tertiary/aromatic N) is 1. The zero-order valence-electron chi connectivity index (χ0n) is 12.5. The molecule has 0 N–H and O–H groups in total. The van der Waals surface area contributed by atoms with Crippen LogP contribution in [0.25, 0.3) is 10.9 Å². The second kappa shape index (κ2) is 7.81. The first-order chi connectivity index (χ1) is 10.5. The summed E-state index contributed by atoms with van der Waals surface area (Å²) in [5.41, 5.74) is 1.06. The van der Waals surface area contributed by atoms with E-state index in [-0.39, 0.29) is 63.7 Å². The average molecular weight is 341 g/mol. The van der Waals surface area contributed by atoms with Gasteiger partial charge in [-0.05, 0) is 24.3 Å². The first-order valence-corrected chi connectivity index (χ1v) is 6.79. The number of pyridine rings is 1. The van der Waals surface area contributed by atoms with E-state index in [2.05, 4.69) is 4.98 Å². The Balaban J connectivity index is 0.00000192. The summed E-state index contributed by atoms with van der Waals surface area (Å²) in [4.78, 5) is 4.24. The second-order valence-corrected chi connectivity index (χ2v) is 4.92. The molecule has 0 radical (unpaired) electrons. The Hall–Kier alpha value is -0.859. The fourth-order valence-corrected chi connectivity index (χ4v) is 2.25. The summed E-state index contributed by atoms with van der Waals surface area (Å²) >= 11 is 0. The van der Waals surface area contributed by atoms with Crippen molar-refractivity contribution in [3.63, 3.8) is 0 Å². The summed E-state index contributed by atoms with van der Waals surface area (Å²) in [6.07, 6.45) is 1.66. The molecule has 0 saturated carbocycles. The number of hydrogen-bond donors (Lipinski definition) is 0. The van der Waals surface area contributed by atoms with Gasteiger partial charge in [-0.15, -0.1) is 5.46 Å². The molecule has 3 aromatic rings. The van der Waals surface area contributed by atoms with Gasteiger partial charge in [0, 0.05) is 17.1 Å². The molecule has 0 aliphatic heterocycles. The Labute approximate surface area is 174 Å². The predicted molar refractivity (Wildman–Crippen MR) is 81.2 cm³/mol. The molecule has 0 amide bonds. The van der Waals surface area contributed by atoms with Gasteiger partial charge in [-0.25, -0.2) is 0 Å². The number of aromatic nitrogens is 1. The van der Waals surface area contributed by atoms with Crippen LogP contribution in [0.15, 0.2) is 60.8 Å². The molecule has 1 heterocycles. The average Bonchev–Trinajstić information content (AvgIpc) is 2.52. The van der Waals surface area contributed by atoms with E-state index in [1.165, 1.54) is 12.1 Å². The molecule has 3 rings (SSSR count). The van der Waals surface area contributed by atoms with E-state index in [4.69, 9.17) is 4.74 Å². The van der Waals surface area contributed by atoms with Crippen LogP contribution in [0.1, 0.15) is 5.56 Å². The van der Waals surface area contributed by atoms with Gasteiger partial charge >= 0.3 is 58.4 Å². The van der Waals surface area contributed by atoms with E-state index in [1.54, 1.807) is 12.3 Å². The molecule has 2 nitrogen and oxygen atoms in total. The normalized spacial score (nSPS) is 11.1. The standard InChI is InChI=1S/C16H12BF3NO.K/c18-17(19,20)13-4-3-5-14(10-13)22-11-12-8-9-21-16-7-2-1-6-15(12)16;/h1-10H,11H2;/q-1;+1. The fourth-order valence-electron chi connectivity index (χ4n) is 2.25. The van der Waals surface area contributed by atoms with Crippen LogP contribution >= 0.6 is 0 Å². The zero-order chi connectivity index (χ0) is 15.6. The molecule has 0 atom stereocenters. The Bertz CT molecular complexity index is 805. The van der Waals surface area contributed by atoms with Crippen molar-refractivity contribution >= 4 is 23.3 Å². The molecule has 0 saturated heterocycles. The van der Waals surface area contributed by atoms with Crippen LogP contribution in [0, 0.1) is 0 Å². The van der Waals surface area contributed by atoms with Gasteiger partial charge in [0.1, 0.15) is 12.4 Å². The number of hydrogen-bond acceptors (Lipinski definition) is 2. The molecule has 112 valence electrons. The maximum absolute atomic E-state index is 12.7. The molecule has 0 aliphatic rings. The number of para-hydroxylation sites is 1. The number of ether oxygens (including phenoxy) is 1. The monoisotopic (exact) mass is 341 g/mol. The van der Waals surface area contributed by atoms with Gasteiger partial charge in [-0.2, -0.15) is 0 Å². The van der Waals surface area contributed by atoms with Crippen LogP contribution < -0.4 is 61.6 Å². The van der Waals surface area contributed by atoms with Crippen molar-refractivity contribution in [2.45, 2.75) is 6.61 Å². The Morgan fingerprint density at radius 1 is 0.957 bits per heavy atom. The minimum atomic E-state index is -5.02. The van der Waals surface area contributed by atoms with Crippen molar-refractivity contribution in [2.75, 3.05) is 0 Å². The van der Waals surface area contributed by atoms with E-state index in [1.807, 2.05) is 24.3 Å². The van der Waals surface area contributed by atoms with E-state index < -0.39 is 12.4 Å². The Kier molecular flexibility index (Phi) is 6.27. The van der Waals surface area contributed by atoms with Gasteiger partial charge < -0.3 is 17.7 Å². The third-order valence-electron chi connectivity index (χ3n) is 3.37. The number of fused-ring (bicyclic) bond motifs is 1. The van der Waals surface area contributed by atoms with Gasteiger partial charge in [0.25, 0.3) is 0 Å². The van der Waals surface area contributed by atoms with Crippen LogP contribution in [0.4, 0.5) is 12.9 Å². The SMILES string of the molecule is F[B-](F)(F)c1cccc(OCc2ccnc3ccccc23)c1.[K+]. The minimum Gasteiger partial charge on any atom is -0.489 e. The summed E-state index contributed by atoms with van der Waals surface area (Å²) in [7, 11) is 0. The van der Waals surface area contributed by atoms with Crippen LogP contribution in [0.5, 0.6) is 5.75 Å². The second-order valence-electron chi connectivity index (χ2n) is 4.92. The molecule has 0 spiro atoms. The van der Waals surface area contributed by atoms with Crippen LogP contribution in [-0.4, -0.2) is 12.0 Å². The maximum Gasteiger partial charge on any atom is 1.00 e. The van der Waals surface area contributed by atoms with Crippen molar-refractivity contribution in [1.82, 2.24) is 4.98 Å². The Morgan fingerprint density at radius 3 is 2.52 bits per heavy atom. The molecule has 23 heavy (non-hydrogen) atoms. The number of rotatable bonds is 4. The van der Waals surface area contributed by atoms with Gasteiger partial charge in [-0.3, -0.25) is 4.98 Å². The summed E-state index contributed by atoms with van der Waals surface area (Å²) in [6.45, 7) is -4.83. The van der Waals surface area contributed by atoms with Crippen molar-refractivity contribution in [1.29, 1.82) is 0 Å². The first kappa shape index (κ1) is 18.5. The van der Waals surface area contributed by atoms with E-state index in [0.717, 1.165) is 28.6 Å². The fraction of sp³-hybridized carbons (Fsp3) is 0.0625. The largest absolute Gasteiger partial charge is 1.00 e. The predicted octanol–water partition coefficient (Wildman–Crippen LogP) is 0.872. The van der Waals surface area contributed by atoms with Crippen LogP contribution in [0.3, 0.4) is 0 Å². The van der Waals surface area contributed by atoms with Gasteiger partial charge in [-0.1, -0.05) is 30.3 Å². The van der Waals surface area contributed by atoms with E-state index >= 15 is 0 Å². The van der Waals surface area contributed by atoms with E-state index in [0.29, 0.717) is 0 Å². The zero-order valence-corrected chi connectivity index (χ0v) is 15.7. The smallest absolute Gasteiger partial charge is 0.489 e. The molecule has 0 aliphatic carbocycles. The molecular formula is C16H12BF3KNO. The maximum atomic E-state index is 12.7. The van der Waals surface area contributed by atoms with Crippen molar-refractivity contribution in [3.8, 4) is 5.75 Å². The summed E-state index contributed by atoms with van der Waals surface area (Å²) < 4.78 is 43.7. The molecule has 0 bridgehead atoms. The van der Waals surface area contributed by atoms with E-state index in [9.17, 15) is 12.9 Å². The Morgan fingerprint density at radius 2 is 1.74 bits per heavy atom. The summed E-state index contributed by atoms with van der Waals surface area (Å²) in [5, 5.41) is 0.932. The number of halogens is 3. The van der Waals surface area contributed by atoms with Crippen LogP contribution in [0.2, 0.25) is 0 Å². The topological polar surface area (TPSA) is 22.1 Å². The molecule has 1 aromatic heterocycles. The molecule has 2 aromatic carbocycles. The van der Waals surface area contributed by atoms with Gasteiger partial charge in [0.05, 0.1) is 5.52 Å². The molecule has 0 unspecified atom stereocenters. The molecule has 0 fully saturated rings. The molecular weight excluding hydrogens is 329 g/mol. The van der Waals surface area contributed by atoms with Crippen molar-refractivity contribution in [3.05, 3.63) is 66.4 Å². The van der Waals surface area contributed by atoms with Gasteiger partial charge in [0.2, 0.25) is 0 Å². The van der Waals surface area contributed by atoms with Crippen molar-refractivity contribution in [2.24, 2.45) is 0 Å².